The minimum Gasteiger partial charge on any atom is -0.370 e. The van der Waals surface area contributed by atoms with Crippen LogP contribution in [0.4, 0.5) is 8.78 Å². The SMILES string of the molecule is NC(=N[C@@H]1C[C@H]1c1c(F)cccc1F)NC1CCC1. The zero-order chi connectivity index (χ0) is 13.4. The molecule has 1 aromatic rings. The maximum absolute atomic E-state index is 13.6. The van der Waals surface area contributed by atoms with E-state index in [1.165, 1.54) is 24.6 Å². The molecule has 2 aliphatic rings. The second kappa shape index (κ2) is 4.79. The number of halogens is 2. The highest BCUT2D eigenvalue weighted by Gasteiger charge is 2.42. The molecule has 2 saturated carbocycles. The molecule has 3 N–H and O–H groups in total. The van der Waals surface area contributed by atoms with Gasteiger partial charge in [-0.15, -0.1) is 0 Å². The Morgan fingerprint density at radius 3 is 2.53 bits per heavy atom. The fourth-order valence-electron chi connectivity index (χ4n) is 2.48. The average molecular weight is 265 g/mol. The molecule has 0 radical (unpaired) electrons. The van der Waals surface area contributed by atoms with E-state index in [0.717, 1.165) is 12.8 Å². The molecule has 0 heterocycles. The van der Waals surface area contributed by atoms with Crippen molar-refractivity contribution in [2.75, 3.05) is 0 Å². The van der Waals surface area contributed by atoms with Crippen LogP contribution in [0.5, 0.6) is 0 Å². The van der Waals surface area contributed by atoms with Crippen molar-refractivity contribution in [3.63, 3.8) is 0 Å². The highest BCUT2D eigenvalue weighted by Crippen LogP contribution is 2.45. The van der Waals surface area contributed by atoms with E-state index >= 15 is 0 Å². The van der Waals surface area contributed by atoms with E-state index in [1.54, 1.807) is 0 Å². The van der Waals surface area contributed by atoms with Gasteiger partial charge in [0.2, 0.25) is 0 Å². The first-order chi connectivity index (χ1) is 9.15. The summed E-state index contributed by atoms with van der Waals surface area (Å²) < 4.78 is 27.2. The van der Waals surface area contributed by atoms with E-state index < -0.39 is 11.6 Å². The van der Waals surface area contributed by atoms with E-state index in [4.69, 9.17) is 5.73 Å². The maximum Gasteiger partial charge on any atom is 0.189 e. The molecule has 0 aliphatic heterocycles. The number of hydrogen-bond acceptors (Lipinski definition) is 1. The van der Waals surface area contributed by atoms with Gasteiger partial charge in [-0.3, -0.25) is 0 Å². The van der Waals surface area contributed by atoms with Crippen LogP contribution < -0.4 is 11.1 Å². The van der Waals surface area contributed by atoms with E-state index in [9.17, 15) is 8.78 Å². The summed E-state index contributed by atoms with van der Waals surface area (Å²) in [6.07, 6.45) is 4.11. The van der Waals surface area contributed by atoms with Crippen LogP contribution >= 0.6 is 0 Å². The Morgan fingerprint density at radius 1 is 1.26 bits per heavy atom. The second-order valence-corrected chi connectivity index (χ2v) is 5.33. The van der Waals surface area contributed by atoms with Crippen molar-refractivity contribution >= 4 is 5.96 Å². The van der Waals surface area contributed by atoms with Crippen molar-refractivity contribution in [1.29, 1.82) is 0 Å². The van der Waals surface area contributed by atoms with Gasteiger partial charge in [-0.2, -0.15) is 0 Å². The van der Waals surface area contributed by atoms with E-state index in [1.807, 2.05) is 0 Å². The van der Waals surface area contributed by atoms with Gasteiger partial charge in [0.25, 0.3) is 0 Å². The molecule has 2 atom stereocenters. The van der Waals surface area contributed by atoms with Crippen LogP contribution in [-0.2, 0) is 0 Å². The van der Waals surface area contributed by atoms with Gasteiger partial charge in [-0.25, -0.2) is 13.8 Å². The van der Waals surface area contributed by atoms with Crippen molar-refractivity contribution in [2.45, 2.75) is 43.7 Å². The van der Waals surface area contributed by atoms with Gasteiger partial charge in [0.15, 0.2) is 5.96 Å². The number of nitrogens with zero attached hydrogens (tertiary/aromatic N) is 1. The van der Waals surface area contributed by atoms with Crippen LogP contribution in [0.1, 0.15) is 37.2 Å². The smallest absolute Gasteiger partial charge is 0.189 e. The Kier molecular flexibility index (Phi) is 3.12. The number of aliphatic imine (C=N–C) groups is 1. The molecule has 0 saturated heterocycles. The first-order valence-corrected chi connectivity index (χ1v) is 6.69. The Hall–Kier alpha value is -1.65. The molecule has 2 aliphatic carbocycles. The quantitative estimate of drug-likeness (QED) is 0.650. The van der Waals surface area contributed by atoms with Crippen LogP contribution in [0.3, 0.4) is 0 Å². The molecular weight excluding hydrogens is 248 g/mol. The van der Waals surface area contributed by atoms with Gasteiger partial charge < -0.3 is 11.1 Å². The molecule has 5 heteroatoms. The second-order valence-electron chi connectivity index (χ2n) is 5.33. The largest absolute Gasteiger partial charge is 0.370 e. The zero-order valence-electron chi connectivity index (χ0n) is 10.6. The lowest BCUT2D eigenvalue weighted by Gasteiger charge is -2.26. The molecule has 2 fully saturated rings. The Labute approximate surface area is 110 Å². The predicted molar refractivity (Wildman–Crippen MR) is 69.9 cm³/mol. The summed E-state index contributed by atoms with van der Waals surface area (Å²) in [7, 11) is 0. The van der Waals surface area contributed by atoms with Crippen LogP contribution in [0, 0.1) is 11.6 Å². The average Bonchev–Trinajstić information content (AvgIpc) is 3.02. The van der Waals surface area contributed by atoms with Gasteiger partial charge in [-0.05, 0) is 37.8 Å². The minimum absolute atomic E-state index is 0.0982. The molecule has 0 spiro atoms. The zero-order valence-corrected chi connectivity index (χ0v) is 10.6. The van der Waals surface area contributed by atoms with Gasteiger partial charge in [0.05, 0.1) is 6.04 Å². The summed E-state index contributed by atoms with van der Waals surface area (Å²) >= 11 is 0. The van der Waals surface area contributed by atoms with Gasteiger partial charge in [0, 0.05) is 17.5 Å². The summed E-state index contributed by atoms with van der Waals surface area (Å²) in [5.74, 6) is -0.765. The number of nitrogens with one attached hydrogen (secondary N) is 1. The van der Waals surface area contributed by atoms with Gasteiger partial charge in [-0.1, -0.05) is 6.07 Å². The van der Waals surface area contributed by atoms with Crippen LogP contribution in [-0.4, -0.2) is 18.0 Å². The molecule has 19 heavy (non-hydrogen) atoms. The molecule has 102 valence electrons. The monoisotopic (exact) mass is 265 g/mol. The molecule has 0 amide bonds. The molecular formula is C14H17F2N3. The Morgan fingerprint density at radius 2 is 1.95 bits per heavy atom. The van der Waals surface area contributed by atoms with E-state index in [2.05, 4.69) is 10.3 Å². The summed E-state index contributed by atoms with van der Waals surface area (Å²) in [5.41, 5.74) is 5.94. The number of hydrogen-bond donors (Lipinski definition) is 2. The fraction of sp³-hybridized carbons (Fsp3) is 0.500. The molecule has 3 nitrogen and oxygen atoms in total. The number of benzene rings is 1. The Balaban J connectivity index is 1.65. The van der Waals surface area contributed by atoms with Crippen LogP contribution in [0.2, 0.25) is 0 Å². The van der Waals surface area contributed by atoms with E-state index in [-0.39, 0.29) is 17.5 Å². The fourth-order valence-corrected chi connectivity index (χ4v) is 2.48. The van der Waals surface area contributed by atoms with Gasteiger partial charge >= 0.3 is 0 Å². The number of rotatable bonds is 3. The third-order valence-corrected chi connectivity index (χ3v) is 3.89. The predicted octanol–water partition coefficient (Wildman–Crippen LogP) is 2.28. The topological polar surface area (TPSA) is 50.4 Å². The molecule has 3 rings (SSSR count). The molecule has 0 aromatic heterocycles. The third kappa shape index (κ3) is 2.55. The Bertz CT molecular complexity index is 491. The van der Waals surface area contributed by atoms with Crippen molar-refractivity contribution in [3.05, 3.63) is 35.4 Å². The third-order valence-electron chi connectivity index (χ3n) is 3.89. The van der Waals surface area contributed by atoms with Gasteiger partial charge in [0.1, 0.15) is 11.6 Å². The molecule has 0 bridgehead atoms. The highest BCUT2D eigenvalue weighted by molar-refractivity contribution is 5.78. The highest BCUT2D eigenvalue weighted by atomic mass is 19.1. The minimum atomic E-state index is -0.492. The first-order valence-electron chi connectivity index (χ1n) is 6.69. The normalized spacial score (nSPS) is 26.9. The van der Waals surface area contributed by atoms with Crippen LogP contribution in [0.15, 0.2) is 23.2 Å². The van der Waals surface area contributed by atoms with Crippen molar-refractivity contribution in [1.82, 2.24) is 5.32 Å². The van der Waals surface area contributed by atoms with Crippen molar-refractivity contribution in [2.24, 2.45) is 10.7 Å². The lowest BCUT2D eigenvalue weighted by molar-refractivity contribution is 0.382. The van der Waals surface area contributed by atoms with Crippen LogP contribution in [0.25, 0.3) is 0 Å². The van der Waals surface area contributed by atoms with Crippen molar-refractivity contribution in [3.8, 4) is 0 Å². The standard InChI is InChI=1S/C14H17F2N3/c15-10-5-2-6-11(16)13(10)9-7-12(9)19-14(17)18-8-3-1-4-8/h2,5-6,8-9,12H,1,3-4,7H2,(H3,17,18,19)/t9-,12-/m1/s1. The maximum atomic E-state index is 13.6. The number of nitrogens with two attached hydrogens (primary N) is 1. The van der Waals surface area contributed by atoms with E-state index in [0.29, 0.717) is 18.4 Å². The molecule has 1 aromatic carbocycles. The first kappa shape index (κ1) is 12.4. The summed E-state index contributed by atoms with van der Waals surface area (Å²) in [5, 5.41) is 3.13. The lowest BCUT2D eigenvalue weighted by Crippen LogP contribution is -2.43. The summed E-state index contributed by atoms with van der Waals surface area (Å²) in [4.78, 5) is 4.30. The van der Waals surface area contributed by atoms with Crippen molar-refractivity contribution < 1.29 is 8.78 Å². The summed E-state index contributed by atoms with van der Waals surface area (Å²) in [6, 6.07) is 4.27. The number of guanidine groups is 1. The summed E-state index contributed by atoms with van der Waals surface area (Å²) in [6.45, 7) is 0. The molecule has 0 unspecified atom stereocenters. The lowest BCUT2D eigenvalue weighted by atomic mass is 9.93.